The van der Waals surface area contributed by atoms with Crippen LogP contribution in [0.4, 0.5) is 17.1 Å². The molecule has 0 atom stereocenters. The Bertz CT molecular complexity index is 2930. The number of anilines is 3. The molecule has 54 heavy (non-hydrogen) atoms. The van der Waals surface area contributed by atoms with Crippen molar-refractivity contribution in [2.75, 3.05) is 4.90 Å². The lowest BCUT2D eigenvalue weighted by Crippen LogP contribution is -2.33. The quantitative estimate of drug-likeness (QED) is 0.174. The van der Waals surface area contributed by atoms with Gasteiger partial charge in [0.15, 0.2) is 0 Å². The van der Waals surface area contributed by atoms with E-state index in [0.29, 0.717) is 0 Å². The second kappa shape index (κ2) is 11.1. The molecule has 0 saturated heterocycles. The highest BCUT2D eigenvalue weighted by Gasteiger charge is 2.43. The molecule has 2 nitrogen and oxygen atoms in total. The van der Waals surface area contributed by atoms with E-state index in [1.807, 2.05) is 0 Å². The highest BCUT2D eigenvalue weighted by atomic mass is 15.1. The van der Waals surface area contributed by atoms with E-state index < -0.39 is 0 Å². The summed E-state index contributed by atoms with van der Waals surface area (Å²) >= 11 is 0. The normalized spacial score (nSPS) is 14.6. The fourth-order valence-corrected chi connectivity index (χ4v) is 9.80. The van der Waals surface area contributed by atoms with Crippen molar-refractivity contribution >= 4 is 49.6 Å². The first-order valence-electron chi connectivity index (χ1n) is 19.1. The number of aromatic nitrogens is 1. The van der Waals surface area contributed by atoms with Crippen LogP contribution in [-0.2, 0) is 10.8 Å². The van der Waals surface area contributed by atoms with Crippen molar-refractivity contribution in [1.82, 2.24) is 4.57 Å². The van der Waals surface area contributed by atoms with E-state index in [0.717, 1.165) is 17.1 Å². The largest absolute Gasteiger partial charge is 0.310 e. The molecule has 3 heterocycles. The average molecular weight is 693 g/mol. The molecule has 9 aromatic rings. The van der Waals surface area contributed by atoms with E-state index in [2.05, 4.69) is 207 Å². The summed E-state index contributed by atoms with van der Waals surface area (Å²) in [5, 5.41) is 5.12. The van der Waals surface area contributed by atoms with Gasteiger partial charge in [0.05, 0.1) is 22.4 Å². The third kappa shape index (κ3) is 4.17. The van der Waals surface area contributed by atoms with Gasteiger partial charge in [-0.3, -0.25) is 0 Å². The van der Waals surface area contributed by atoms with Crippen LogP contribution in [-0.4, -0.2) is 4.57 Å². The SMILES string of the molecule is CC1(C)c2cccc3c2-n2c4c1cc(-c1ccccc1)cc4c1cc(-c4ccc(N(c5ccccc5)c5ccccc5)c5ccccc45)cc(c12)C3(C)C. The third-order valence-corrected chi connectivity index (χ3v) is 12.5. The van der Waals surface area contributed by atoms with Crippen molar-refractivity contribution in [3.8, 4) is 27.9 Å². The molecule has 2 heteroatoms. The van der Waals surface area contributed by atoms with E-state index >= 15 is 0 Å². The Labute approximate surface area is 316 Å². The van der Waals surface area contributed by atoms with Gasteiger partial charge in [0.1, 0.15) is 0 Å². The van der Waals surface area contributed by atoms with Gasteiger partial charge in [-0.1, -0.05) is 143 Å². The smallest absolute Gasteiger partial charge is 0.0582 e. The van der Waals surface area contributed by atoms with Gasteiger partial charge in [-0.2, -0.15) is 0 Å². The van der Waals surface area contributed by atoms with Crippen molar-refractivity contribution < 1.29 is 0 Å². The number of para-hydroxylation sites is 3. The molecule has 2 aliphatic rings. The van der Waals surface area contributed by atoms with Gasteiger partial charge in [0.2, 0.25) is 0 Å². The van der Waals surface area contributed by atoms with Gasteiger partial charge in [-0.15, -0.1) is 0 Å². The van der Waals surface area contributed by atoms with Crippen LogP contribution in [0.3, 0.4) is 0 Å². The zero-order valence-corrected chi connectivity index (χ0v) is 31.1. The molecule has 0 fully saturated rings. The first-order valence-corrected chi connectivity index (χ1v) is 19.1. The van der Waals surface area contributed by atoms with Crippen LogP contribution in [0.25, 0.3) is 60.5 Å². The van der Waals surface area contributed by atoms with Crippen LogP contribution < -0.4 is 4.90 Å². The average Bonchev–Trinajstić information content (AvgIpc) is 3.54. The first-order chi connectivity index (χ1) is 26.3. The zero-order chi connectivity index (χ0) is 36.3. The van der Waals surface area contributed by atoms with Crippen LogP contribution in [0.15, 0.2) is 170 Å². The predicted octanol–water partition coefficient (Wildman–Crippen LogP) is 14.0. The summed E-state index contributed by atoms with van der Waals surface area (Å²) in [7, 11) is 0. The maximum atomic E-state index is 2.63. The minimum absolute atomic E-state index is 0.162. The Morgan fingerprint density at radius 2 is 0.889 bits per heavy atom. The third-order valence-electron chi connectivity index (χ3n) is 12.5. The van der Waals surface area contributed by atoms with Gasteiger partial charge in [-0.05, 0) is 104 Å². The van der Waals surface area contributed by atoms with Crippen molar-refractivity contribution in [3.63, 3.8) is 0 Å². The second-order valence-corrected chi connectivity index (χ2v) is 16.2. The van der Waals surface area contributed by atoms with Crippen LogP contribution in [0.2, 0.25) is 0 Å². The molecule has 0 N–H and O–H groups in total. The summed E-state index contributed by atoms with van der Waals surface area (Å²) in [6.07, 6.45) is 0. The fourth-order valence-electron chi connectivity index (χ4n) is 9.80. The van der Waals surface area contributed by atoms with Crippen LogP contribution in [0.1, 0.15) is 49.9 Å². The molecule has 0 aliphatic carbocycles. The Hall–Kier alpha value is -6.38. The molecule has 0 saturated carbocycles. The molecule has 1 aromatic heterocycles. The highest BCUT2D eigenvalue weighted by Crippen LogP contribution is 2.57. The molecule has 0 radical (unpaired) electrons. The molecule has 2 aliphatic heterocycles. The monoisotopic (exact) mass is 692 g/mol. The molecule has 0 amide bonds. The molecule has 258 valence electrons. The van der Waals surface area contributed by atoms with E-state index in [4.69, 9.17) is 0 Å². The molecule has 0 bridgehead atoms. The Morgan fingerprint density at radius 1 is 0.389 bits per heavy atom. The number of hydrogen-bond donors (Lipinski definition) is 0. The van der Waals surface area contributed by atoms with Crippen molar-refractivity contribution in [1.29, 1.82) is 0 Å². The van der Waals surface area contributed by atoms with Crippen LogP contribution in [0.5, 0.6) is 0 Å². The van der Waals surface area contributed by atoms with Crippen molar-refractivity contribution in [3.05, 3.63) is 192 Å². The summed E-state index contributed by atoms with van der Waals surface area (Å²) in [6, 6.07) is 62.9. The minimum atomic E-state index is -0.201. The van der Waals surface area contributed by atoms with Crippen LogP contribution >= 0.6 is 0 Å². The molecule has 0 unspecified atom stereocenters. The Kier molecular flexibility index (Phi) is 6.39. The van der Waals surface area contributed by atoms with E-state index in [9.17, 15) is 0 Å². The first kappa shape index (κ1) is 31.2. The minimum Gasteiger partial charge on any atom is -0.310 e. The summed E-state index contributed by atoms with van der Waals surface area (Å²) < 4.78 is 2.63. The Balaban J connectivity index is 1.23. The second-order valence-electron chi connectivity index (χ2n) is 16.2. The predicted molar refractivity (Wildman–Crippen MR) is 228 cm³/mol. The van der Waals surface area contributed by atoms with E-state index in [-0.39, 0.29) is 10.8 Å². The molecule has 8 aromatic carbocycles. The number of benzene rings is 8. The van der Waals surface area contributed by atoms with Gasteiger partial charge >= 0.3 is 0 Å². The van der Waals surface area contributed by atoms with Gasteiger partial charge < -0.3 is 9.47 Å². The zero-order valence-electron chi connectivity index (χ0n) is 31.1. The van der Waals surface area contributed by atoms with Crippen molar-refractivity contribution in [2.45, 2.75) is 38.5 Å². The standard InChI is InChI=1S/C52H40N2/c1-51(2)43-25-16-26-44-50(43)54-48-41(29-34(31-45(48)51)33-17-8-5-9-18-33)42-30-35(32-46(49(42)54)52(44,3)4)38-27-28-47(40-24-15-14-23-39(38)40)53(36-19-10-6-11-20-36)37-21-12-7-13-22-37/h5-32H,1-4H3. The lowest BCUT2D eigenvalue weighted by atomic mass is 9.68. The number of rotatable bonds is 5. The lowest BCUT2D eigenvalue weighted by Gasteiger charge is -2.42. The fraction of sp³-hybridized carbons (Fsp3) is 0.115. The number of nitrogens with zero attached hydrogens (tertiary/aromatic N) is 2. The maximum Gasteiger partial charge on any atom is 0.0582 e. The molecule has 0 spiro atoms. The summed E-state index contributed by atoms with van der Waals surface area (Å²) in [5.41, 5.74) is 17.8. The summed E-state index contributed by atoms with van der Waals surface area (Å²) in [4.78, 5) is 2.38. The topological polar surface area (TPSA) is 8.17 Å². The number of fused-ring (bicyclic) bond motifs is 2. The van der Waals surface area contributed by atoms with Gasteiger partial charge in [-0.25, -0.2) is 0 Å². The van der Waals surface area contributed by atoms with Gasteiger partial charge in [0, 0.05) is 38.4 Å². The highest BCUT2D eigenvalue weighted by molar-refractivity contribution is 6.17. The van der Waals surface area contributed by atoms with Crippen molar-refractivity contribution in [2.24, 2.45) is 0 Å². The molecular formula is C52H40N2. The lowest BCUT2D eigenvalue weighted by molar-refractivity contribution is 0.594. The summed E-state index contributed by atoms with van der Waals surface area (Å²) in [6.45, 7) is 9.70. The maximum absolute atomic E-state index is 2.63. The summed E-state index contributed by atoms with van der Waals surface area (Å²) in [5.74, 6) is 0. The van der Waals surface area contributed by atoms with Gasteiger partial charge in [0.25, 0.3) is 0 Å². The molecular weight excluding hydrogens is 653 g/mol. The Morgan fingerprint density at radius 3 is 1.48 bits per heavy atom. The molecule has 11 rings (SSSR count). The number of hydrogen-bond acceptors (Lipinski definition) is 1. The van der Waals surface area contributed by atoms with Crippen LogP contribution in [0, 0.1) is 0 Å². The van der Waals surface area contributed by atoms with E-state index in [1.54, 1.807) is 0 Å². The van der Waals surface area contributed by atoms with E-state index in [1.165, 1.54) is 82.8 Å².